The maximum Gasteiger partial charge on any atom is 0.321 e. The van der Waals surface area contributed by atoms with Crippen molar-refractivity contribution in [2.75, 3.05) is 26.0 Å². The van der Waals surface area contributed by atoms with Gasteiger partial charge in [0.2, 0.25) is 11.0 Å². The highest BCUT2D eigenvalue weighted by molar-refractivity contribution is 7.15. The van der Waals surface area contributed by atoms with E-state index in [9.17, 15) is 9.59 Å². The first-order valence-electron chi connectivity index (χ1n) is 8.10. The van der Waals surface area contributed by atoms with Gasteiger partial charge in [0.05, 0.1) is 5.41 Å². The lowest BCUT2D eigenvalue weighted by Gasteiger charge is -2.30. The molecule has 1 aromatic rings. The van der Waals surface area contributed by atoms with E-state index < -0.39 is 5.41 Å². The van der Waals surface area contributed by atoms with E-state index in [-0.39, 0.29) is 11.9 Å². The lowest BCUT2D eigenvalue weighted by Crippen LogP contribution is -2.47. The van der Waals surface area contributed by atoms with Gasteiger partial charge in [0.15, 0.2) is 0 Å². The van der Waals surface area contributed by atoms with Gasteiger partial charge in [-0.25, -0.2) is 4.79 Å². The zero-order chi connectivity index (χ0) is 16.4. The Morgan fingerprint density at radius 2 is 1.96 bits per heavy atom. The van der Waals surface area contributed by atoms with Crippen LogP contribution in [0, 0.1) is 5.41 Å². The van der Waals surface area contributed by atoms with Crippen molar-refractivity contribution in [1.29, 1.82) is 0 Å². The molecule has 0 spiro atoms. The molecule has 0 atom stereocenters. The Labute approximate surface area is 139 Å². The molecule has 1 aromatic heterocycles. The SMILES string of the molecule is CN(C)C(=O)C1(CNC(=O)Nc2nnc(C3CC3)s2)CCCC1. The lowest BCUT2D eigenvalue weighted by molar-refractivity contribution is -0.138. The Morgan fingerprint density at radius 1 is 1.26 bits per heavy atom. The molecule has 7 nitrogen and oxygen atoms in total. The van der Waals surface area contributed by atoms with Crippen molar-refractivity contribution >= 4 is 28.4 Å². The van der Waals surface area contributed by atoms with Gasteiger partial charge in [0.1, 0.15) is 5.01 Å². The molecule has 0 aliphatic heterocycles. The van der Waals surface area contributed by atoms with E-state index in [4.69, 9.17) is 0 Å². The summed E-state index contributed by atoms with van der Waals surface area (Å²) in [4.78, 5) is 26.2. The molecule has 0 radical (unpaired) electrons. The Hall–Kier alpha value is -1.70. The van der Waals surface area contributed by atoms with Crippen LogP contribution in [-0.2, 0) is 4.79 Å². The van der Waals surface area contributed by atoms with Gasteiger partial charge in [0, 0.05) is 26.6 Å². The summed E-state index contributed by atoms with van der Waals surface area (Å²) in [7, 11) is 3.53. The molecule has 3 rings (SSSR count). The first-order valence-corrected chi connectivity index (χ1v) is 8.92. The number of anilines is 1. The summed E-state index contributed by atoms with van der Waals surface area (Å²) in [6.45, 7) is 0.365. The Kier molecular flexibility index (Phi) is 4.52. The van der Waals surface area contributed by atoms with Crippen molar-refractivity contribution in [3.8, 4) is 0 Å². The molecule has 8 heteroatoms. The Bertz CT molecular complexity index is 590. The molecule has 2 fully saturated rings. The summed E-state index contributed by atoms with van der Waals surface area (Å²) in [5.41, 5.74) is -0.457. The summed E-state index contributed by atoms with van der Waals surface area (Å²) >= 11 is 1.43. The monoisotopic (exact) mass is 337 g/mol. The average molecular weight is 337 g/mol. The molecule has 0 unspecified atom stereocenters. The minimum Gasteiger partial charge on any atom is -0.348 e. The molecule has 0 bridgehead atoms. The number of urea groups is 1. The maximum atomic E-state index is 12.5. The van der Waals surface area contributed by atoms with Crippen LogP contribution in [0.3, 0.4) is 0 Å². The summed E-state index contributed by atoms with van der Waals surface area (Å²) in [6.07, 6.45) is 6.05. The summed E-state index contributed by atoms with van der Waals surface area (Å²) in [5.74, 6) is 0.632. The fourth-order valence-corrected chi connectivity index (χ4v) is 4.07. The minimum atomic E-state index is -0.457. The van der Waals surface area contributed by atoms with E-state index in [0.29, 0.717) is 17.6 Å². The molecular weight excluding hydrogens is 314 g/mol. The molecule has 3 amide bonds. The van der Waals surface area contributed by atoms with Crippen molar-refractivity contribution in [2.24, 2.45) is 5.41 Å². The van der Waals surface area contributed by atoms with Crippen molar-refractivity contribution in [3.05, 3.63) is 5.01 Å². The van der Waals surface area contributed by atoms with Gasteiger partial charge in [0.25, 0.3) is 0 Å². The molecule has 2 aliphatic carbocycles. The van der Waals surface area contributed by atoms with Crippen LogP contribution < -0.4 is 10.6 Å². The second-order valence-electron chi connectivity index (χ2n) is 6.71. The van der Waals surface area contributed by atoms with Crippen molar-refractivity contribution in [1.82, 2.24) is 20.4 Å². The molecule has 0 aromatic carbocycles. The quantitative estimate of drug-likeness (QED) is 0.862. The largest absolute Gasteiger partial charge is 0.348 e. The third-order valence-corrected chi connectivity index (χ3v) is 5.60. The van der Waals surface area contributed by atoms with Crippen LogP contribution in [0.5, 0.6) is 0 Å². The molecule has 2 aliphatic rings. The van der Waals surface area contributed by atoms with E-state index >= 15 is 0 Å². The Morgan fingerprint density at radius 3 is 2.57 bits per heavy atom. The van der Waals surface area contributed by atoms with Crippen LogP contribution >= 0.6 is 11.3 Å². The topological polar surface area (TPSA) is 87.2 Å². The predicted octanol–water partition coefficient (Wildman–Crippen LogP) is 2.19. The number of hydrogen-bond acceptors (Lipinski definition) is 5. The predicted molar refractivity (Wildman–Crippen MR) is 88.5 cm³/mol. The number of carbonyl (C=O) groups excluding carboxylic acids is 2. The summed E-state index contributed by atoms with van der Waals surface area (Å²) in [6, 6.07) is -0.318. The van der Waals surface area contributed by atoms with Gasteiger partial charge < -0.3 is 10.2 Å². The number of nitrogens with zero attached hydrogens (tertiary/aromatic N) is 3. The second-order valence-corrected chi connectivity index (χ2v) is 7.72. The van der Waals surface area contributed by atoms with Crippen LogP contribution in [-0.4, -0.2) is 47.7 Å². The number of rotatable bonds is 5. The number of amides is 3. The van der Waals surface area contributed by atoms with Gasteiger partial charge in [-0.05, 0) is 25.7 Å². The van der Waals surface area contributed by atoms with E-state index in [1.165, 1.54) is 11.3 Å². The smallest absolute Gasteiger partial charge is 0.321 e. The van der Waals surface area contributed by atoms with Gasteiger partial charge in [-0.1, -0.05) is 24.2 Å². The van der Waals surface area contributed by atoms with Crippen molar-refractivity contribution in [3.63, 3.8) is 0 Å². The summed E-state index contributed by atoms with van der Waals surface area (Å²) in [5, 5.41) is 15.2. The van der Waals surface area contributed by atoms with Crippen molar-refractivity contribution < 1.29 is 9.59 Å². The van der Waals surface area contributed by atoms with Gasteiger partial charge >= 0.3 is 6.03 Å². The highest BCUT2D eigenvalue weighted by Gasteiger charge is 2.42. The lowest BCUT2D eigenvalue weighted by atomic mass is 9.84. The third kappa shape index (κ3) is 3.63. The van der Waals surface area contributed by atoms with E-state index in [1.807, 2.05) is 0 Å². The normalized spacial score (nSPS) is 19.4. The van der Waals surface area contributed by atoms with Crippen LogP contribution in [0.25, 0.3) is 0 Å². The molecule has 126 valence electrons. The number of nitrogens with one attached hydrogen (secondary N) is 2. The van der Waals surface area contributed by atoms with Gasteiger partial charge in [-0.3, -0.25) is 10.1 Å². The van der Waals surface area contributed by atoms with E-state index in [1.54, 1.807) is 19.0 Å². The highest BCUT2D eigenvalue weighted by atomic mass is 32.1. The zero-order valence-electron chi connectivity index (χ0n) is 13.6. The molecule has 2 N–H and O–H groups in total. The number of carbonyl (C=O) groups is 2. The molecule has 0 saturated heterocycles. The molecule has 1 heterocycles. The van der Waals surface area contributed by atoms with Crippen LogP contribution in [0.15, 0.2) is 0 Å². The average Bonchev–Trinajstić information content (AvgIpc) is 3.08. The first-order chi connectivity index (χ1) is 11.0. The number of hydrogen-bond donors (Lipinski definition) is 2. The first kappa shape index (κ1) is 16.2. The molecular formula is C15H23N5O2S. The highest BCUT2D eigenvalue weighted by Crippen LogP contribution is 2.42. The zero-order valence-corrected chi connectivity index (χ0v) is 14.4. The fourth-order valence-electron chi connectivity index (χ4n) is 3.16. The van der Waals surface area contributed by atoms with Crippen molar-refractivity contribution in [2.45, 2.75) is 44.4 Å². The molecule has 2 saturated carbocycles. The van der Waals surface area contributed by atoms with Crippen LogP contribution in [0.4, 0.5) is 9.93 Å². The van der Waals surface area contributed by atoms with Gasteiger partial charge in [-0.2, -0.15) is 0 Å². The number of aromatic nitrogens is 2. The van der Waals surface area contributed by atoms with E-state index in [2.05, 4.69) is 20.8 Å². The summed E-state index contributed by atoms with van der Waals surface area (Å²) < 4.78 is 0. The van der Waals surface area contributed by atoms with Crippen LogP contribution in [0.2, 0.25) is 0 Å². The Balaban J connectivity index is 1.55. The third-order valence-electron chi connectivity index (χ3n) is 4.60. The second kappa shape index (κ2) is 6.43. The standard InChI is InChI=1S/C15H23N5O2S/c1-20(2)12(21)15(7-3-4-8-15)9-16-13(22)17-14-19-18-11(23-14)10-5-6-10/h10H,3-9H2,1-2H3,(H2,16,17,19,22). The van der Waals surface area contributed by atoms with Gasteiger partial charge in [-0.15, -0.1) is 10.2 Å². The minimum absolute atomic E-state index is 0.0993. The van der Waals surface area contributed by atoms with E-state index in [0.717, 1.165) is 43.5 Å². The van der Waals surface area contributed by atoms with Crippen LogP contribution in [0.1, 0.15) is 49.5 Å². The maximum absolute atomic E-state index is 12.5. The fraction of sp³-hybridized carbons (Fsp3) is 0.733. The molecule has 23 heavy (non-hydrogen) atoms.